The molecule has 0 spiro atoms. The van der Waals surface area contributed by atoms with Crippen LogP contribution in [0.3, 0.4) is 0 Å². The Labute approximate surface area is 67.3 Å². The summed E-state index contributed by atoms with van der Waals surface area (Å²) in [7, 11) is 0. The Balaban J connectivity index is -0.00000000500. The molecule has 0 radical (unpaired) electrons. The van der Waals surface area contributed by atoms with Crippen LogP contribution in [0, 0.1) is 0 Å². The van der Waals surface area contributed by atoms with Gasteiger partial charge < -0.3 is 10.3 Å². The van der Waals surface area contributed by atoms with E-state index in [1.54, 1.807) is 0 Å². The molecular formula is CH2KO2-. The van der Waals surface area contributed by atoms with Crippen LogP contribution in [0.15, 0.2) is 0 Å². The van der Waals surface area contributed by atoms with Gasteiger partial charge >= 0.3 is 51.4 Å². The predicted octanol–water partition coefficient (Wildman–Crippen LogP) is -3.45. The molecule has 0 heterocycles. The maximum absolute atomic E-state index is 7.75. The molecule has 0 aliphatic rings. The summed E-state index contributed by atoms with van der Waals surface area (Å²) in [6, 6.07) is 0. The Bertz CT molecular complexity index is 6.00. The second-order valence-electron chi connectivity index (χ2n) is 0. The molecule has 0 aliphatic heterocycles. The minimum absolute atomic E-state index is 0. The van der Waals surface area contributed by atoms with Crippen molar-refractivity contribution >= 4 is 6.79 Å². The molecule has 0 unspecified atom stereocenters. The predicted molar refractivity (Wildman–Crippen MR) is 8.69 cm³/mol. The summed E-state index contributed by atoms with van der Waals surface area (Å²) in [5, 5.41) is 0. The smallest absolute Gasteiger partial charge is 0.870 e. The van der Waals surface area contributed by atoms with Crippen molar-refractivity contribution in [2.75, 3.05) is 0 Å². The Hall–Kier alpha value is 1.27. The molecule has 3 heteroatoms. The van der Waals surface area contributed by atoms with Gasteiger partial charge in [-0.3, -0.25) is 6.79 Å². The molecule has 0 rings (SSSR count). The van der Waals surface area contributed by atoms with Gasteiger partial charge in [-0.2, -0.15) is 0 Å². The van der Waals surface area contributed by atoms with Crippen molar-refractivity contribution in [1.82, 2.24) is 0 Å². The zero-order chi connectivity index (χ0) is 2.00. The van der Waals surface area contributed by atoms with Crippen molar-refractivity contribution in [3.8, 4) is 0 Å². The van der Waals surface area contributed by atoms with Gasteiger partial charge in [0.05, 0.1) is 0 Å². The molecule has 0 atom stereocenters. The molecule has 20 valence electrons. The van der Waals surface area contributed by atoms with Crippen LogP contribution in [0.5, 0.6) is 0 Å². The summed E-state index contributed by atoms with van der Waals surface area (Å²) in [4.78, 5) is 7.75. The van der Waals surface area contributed by atoms with Gasteiger partial charge in [-0.1, -0.05) is 0 Å². The van der Waals surface area contributed by atoms with Crippen LogP contribution in [0.1, 0.15) is 0 Å². The first-order valence-corrected chi connectivity index (χ1v) is 0.236. The third-order valence-corrected chi connectivity index (χ3v) is 0. The largest absolute Gasteiger partial charge is 1.00 e. The van der Waals surface area contributed by atoms with Crippen LogP contribution >= 0.6 is 0 Å². The van der Waals surface area contributed by atoms with Gasteiger partial charge in [0.2, 0.25) is 0 Å². The van der Waals surface area contributed by atoms with Crippen molar-refractivity contribution in [3.05, 3.63) is 0 Å². The van der Waals surface area contributed by atoms with Gasteiger partial charge in [-0.05, 0) is 0 Å². The normalized spacial score (nSPS) is 1.00. The van der Waals surface area contributed by atoms with Crippen LogP contribution in [-0.2, 0) is 4.79 Å². The van der Waals surface area contributed by atoms with Crippen molar-refractivity contribution in [3.63, 3.8) is 0 Å². The minimum Gasteiger partial charge on any atom is -0.870 e. The van der Waals surface area contributed by atoms with Crippen molar-refractivity contribution in [2.45, 2.75) is 0 Å². The molecule has 0 saturated carbocycles. The fourth-order valence-corrected chi connectivity index (χ4v) is 0. The number of hydrogen-bond donors (Lipinski definition) is 0. The minimum atomic E-state index is 0. The zero-order valence-corrected chi connectivity index (χ0v) is 5.56. The molecule has 0 aromatic rings. The summed E-state index contributed by atoms with van der Waals surface area (Å²) in [6.07, 6.45) is 0. The average molecular weight is 85.1 g/mol. The topological polar surface area (TPSA) is 47.1 Å². The van der Waals surface area contributed by atoms with E-state index in [9.17, 15) is 0 Å². The van der Waals surface area contributed by atoms with Gasteiger partial charge in [0.1, 0.15) is 0 Å². The second kappa shape index (κ2) is 28.4. The molecule has 1 N–H and O–H groups in total. The summed E-state index contributed by atoms with van der Waals surface area (Å²) in [5.41, 5.74) is 0. The molecule has 0 bridgehead atoms. The van der Waals surface area contributed by atoms with Gasteiger partial charge in [-0.15, -0.1) is 0 Å². The van der Waals surface area contributed by atoms with Crippen molar-refractivity contribution in [1.29, 1.82) is 0 Å². The van der Waals surface area contributed by atoms with E-state index in [-0.39, 0.29) is 56.9 Å². The standard InChI is InChI=1S/CHO.K.H2O/c1-2;;/h1H;;1H2/q-1;+1;/p-1. The first-order valence-electron chi connectivity index (χ1n) is 0.236. The maximum Gasteiger partial charge on any atom is 1.00 e. The average Bonchev–Trinajstić information content (AvgIpc) is 1.00. The monoisotopic (exact) mass is 85.0 g/mol. The van der Waals surface area contributed by atoms with E-state index in [1.165, 1.54) is 0 Å². The molecule has 0 saturated heterocycles. The van der Waals surface area contributed by atoms with Crippen LogP contribution in [0.25, 0.3) is 0 Å². The molecule has 2 nitrogen and oxygen atoms in total. The van der Waals surface area contributed by atoms with E-state index in [0.29, 0.717) is 0 Å². The Kier molecular flexibility index (Phi) is 132. The Morgan fingerprint density at radius 1 is 1.25 bits per heavy atom. The van der Waals surface area contributed by atoms with E-state index in [4.69, 9.17) is 4.79 Å². The third kappa shape index (κ3) is 10.5. The van der Waals surface area contributed by atoms with Crippen molar-refractivity contribution in [2.24, 2.45) is 0 Å². The molecule has 0 amide bonds. The van der Waals surface area contributed by atoms with Crippen LogP contribution in [0.4, 0.5) is 0 Å². The first-order chi connectivity index (χ1) is 1.00. The summed E-state index contributed by atoms with van der Waals surface area (Å²) < 4.78 is 0. The third-order valence-electron chi connectivity index (χ3n) is 0. The number of carbonyl (C=O) groups excluding carboxylic acids is 1. The van der Waals surface area contributed by atoms with Crippen LogP contribution in [0.2, 0.25) is 0 Å². The van der Waals surface area contributed by atoms with E-state index < -0.39 is 0 Å². The molecule has 0 aromatic carbocycles. The van der Waals surface area contributed by atoms with E-state index in [0.717, 1.165) is 0 Å². The van der Waals surface area contributed by atoms with E-state index >= 15 is 0 Å². The molecule has 4 heavy (non-hydrogen) atoms. The van der Waals surface area contributed by atoms with Gasteiger partial charge in [-0.25, -0.2) is 0 Å². The van der Waals surface area contributed by atoms with E-state index in [2.05, 4.69) is 6.79 Å². The summed E-state index contributed by atoms with van der Waals surface area (Å²) >= 11 is 0. The van der Waals surface area contributed by atoms with Crippen molar-refractivity contribution < 1.29 is 61.7 Å². The maximum atomic E-state index is 7.75. The molecule has 0 fully saturated rings. The summed E-state index contributed by atoms with van der Waals surface area (Å²) in [5.74, 6) is 0. The molecule has 0 aliphatic carbocycles. The Morgan fingerprint density at radius 2 is 1.25 bits per heavy atom. The second-order valence-corrected chi connectivity index (χ2v) is 0. The Morgan fingerprint density at radius 3 is 1.25 bits per heavy atom. The summed E-state index contributed by atoms with van der Waals surface area (Å²) in [6.45, 7) is 3.25. The zero-order valence-electron chi connectivity index (χ0n) is 2.43. The van der Waals surface area contributed by atoms with E-state index in [1.807, 2.05) is 0 Å². The fourth-order valence-electron chi connectivity index (χ4n) is 0. The van der Waals surface area contributed by atoms with Gasteiger partial charge in [0.15, 0.2) is 0 Å². The number of hydrogen-bond acceptors (Lipinski definition) is 2. The van der Waals surface area contributed by atoms with Crippen LogP contribution < -0.4 is 51.4 Å². The molecule has 0 aromatic heterocycles. The SMILES string of the molecule is [CH-]=O.[K+].[OH-]. The fraction of sp³-hybridized carbons (Fsp3) is 0. The van der Waals surface area contributed by atoms with Gasteiger partial charge in [0.25, 0.3) is 0 Å². The van der Waals surface area contributed by atoms with Crippen LogP contribution in [-0.4, -0.2) is 12.3 Å². The van der Waals surface area contributed by atoms with Gasteiger partial charge in [0, 0.05) is 0 Å². The first kappa shape index (κ1) is 18.7. The number of rotatable bonds is 0. The quantitative estimate of drug-likeness (QED) is 0.174. The molecular weight excluding hydrogens is 83.1 g/mol.